The highest BCUT2D eigenvalue weighted by Crippen LogP contribution is 2.25. The molecule has 6 heteroatoms. The molecule has 0 saturated carbocycles. The largest absolute Gasteiger partial charge is 0.423 e. The number of hydrogen-bond acceptors (Lipinski definition) is 5. The summed E-state index contributed by atoms with van der Waals surface area (Å²) < 4.78 is 5.53. The predicted octanol–water partition coefficient (Wildman–Crippen LogP) is 0.722. The number of amides is 1. The molecule has 0 radical (unpaired) electrons. The molecule has 0 aliphatic heterocycles. The van der Waals surface area contributed by atoms with E-state index in [0.717, 1.165) is 0 Å². The number of fused-ring (bicyclic) bond motifs is 1. The van der Waals surface area contributed by atoms with Crippen LogP contribution in [0.2, 0.25) is 0 Å². The van der Waals surface area contributed by atoms with Crippen molar-refractivity contribution in [2.24, 2.45) is 5.73 Å². The molecule has 1 aromatic carbocycles. The van der Waals surface area contributed by atoms with Gasteiger partial charge in [0.15, 0.2) is 5.58 Å². The van der Waals surface area contributed by atoms with E-state index in [2.05, 4.69) is 4.98 Å². The lowest BCUT2D eigenvalue weighted by Gasteiger charge is -2.15. The highest BCUT2D eigenvalue weighted by molar-refractivity contribution is 5.87. The van der Waals surface area contributed by atoms with Gasteiger partial charge >= 0.3 is 0 Å². The molecule has 1 heterocycles. The van der Waals surface area contributed by atoms with E-state index in [0.29, 0.717) is 29.3 Å². The molecule has 1 amide bonds. The molecule has 1 aromatic heterocycles. The third-order valence-electron chi connectivity index (χ3n) is 2.44. The minimum atomic E-state index is -0.429. The summed E-state index contributed by atoms with van der Waals surface area (Å²) in [5.74, 6) is -0.429. The molecule has 0 bridgehead atoms. The zero-order valence-electron chi connectivity index (χ0n) is 9.51. The first-order valence-corrected chi connectivity index (χ1v) is 5.30. The molecule has 0 spiro atoms. The molecule has 0 fully saturated rings. The molecule has 2 aromatic rings. The minimum Gasteiger partial charge on any atom is -0.423 e. The fourth-order valence-corrected chi connectivity index (χ4v) is 1.60. The Kier molecular flexibility index (Phi) is 2.86. The van der Waals surface area contributed by atoms with Gasteiger partial charge in [0.25, 0.3) is 6.01 Å². The molecule has 0 aliphatic rings. The van der Waals surface area contributed by atoms with Gasteiger partial charge in [-0.25, -0.2) is 0 Å². The lowest BCUT2D eigenvalue weighted by atomic mass is 10.3. The Hall–Kier alpha value is -2.24. The number of nitrogen functional groups attached to an aromatic ring is 1. The van der Waals surface area contributed by atoms with Crippen molar-refractivity contribution in [2.75, 3.05) is 23.7 Å². The fraction of sp³-hybridized carbons (Fsp3) is 0.273. The van der Waals surface area contributed by atoms with Crippen LogP contribution in [0, 0.1) is 0 Å². The fourth-order valence-electron chi connectivity index (χ4n) is 1.60. The van der Waals surface area contributed by atoms with E-state index in [1.807, 2.05) is 6.92 Å². The van der Waals surface area contributed by atoms with Crippen LogP contribution in [-0.4, -0.2) is 24.0 Å². The molecule has 6 nitrogen and oxygen atoms in total. The standard InChI is InChI=1S/C11H14N4O2/c1-2-15(6-9(13)16)11-14-10-7(12)4-3-5-8(10)17-11/h3-5H,2,6,12H2,1H3,(H2,13,16). The van der Waals surface area contributed by atoms with Crippen molar-refractivity contribution in [3.63, 3.8) is 0 Å². The van der Waals surface area contributed by atoms with E-state index in [1.54, 1.807) is 23.1 Å². The summed E-state index contributed by atoms with van der Waals surface area (Å²) in [5.41, 5.74) is 12.7. The van der Waals surface area contributed by atoms with Gasteiger partial charge in [-0.2, -0.15) is 4.98 Å². The molecule has 0 aliphatic carbocycles. The van der Waals surface area contributed by atoms with E-state index in [9.17, 15) is 4.79 Å². The van der Waals surface area contributed by atoms with Crippen molar-refractivity contribution in [3.8, 4) is 0 Å². The molecule has 2 rings (SSSR count). The number of aromatic nitrogens is 1. The zero-order chi connectivity index (χ0) is 12.4. The zero-order valence-corrected chi connectivity index (χ0v) is 9.51. The first-order chi connectivity index (χ1) is 8.11. The number of carbonyl (C=O) groups excluding carboxylic acids is 1. The lowest BCUT2D eigenvalue weighted by molar-refractivity contribution is -0.116. The summed E-state index contributed by atoms with van der Waals surface area (Å²) in [6, 6.07) is 5.68. The summed E-state index contributed by atoms with van der Waals surface area (Å²) in [6.45, 7) is 2.54. The van der Waals surface area contributed by atoms with Crippen molar-refractivity contribution in [1.82, 2.24) is 4.98 Å². The van der Waals surface area contributed by atoms with Crippen molar-refractivity contribution < 1.29 is 9.21 Å². The third kappa shape index (κ3) is 2.15. The summed E-state index contributed by atoms with van der Waals surface area (Å²) in [4.78, 5) is 16.8. The van der Waals surface area contributed by atoms with Crippen LogP contribution in [0.5, 0.6) is 0 Å². The lowest BCUT2D eigenvalue weighted by Crippen LogP contribution is -2.33. The van der Waals surface area contributed by atoms with Gasteiger partial charge < -0.3 is 20.8 Å². The van der Waals surface area contributed by atoms with E-state index >= 15 is 0 Å². The number of nitrogens with two attached hydrogens (primary N) is 2. The average molecular weight is 234 g/mol. The average Bonchev–Trinajstić information content (AvgIpc) is 2.70. The molecular formula is C11H14N4O2. The minimum absolute atomic E-state index is 0.0726. The van der Waals surface area contributed by atoms with Crippen LogP contribution in [0.1, 0.15) is 6.92 Å². The molecule has 17 heavy (non-hydrogen) atoms. The Morgan fingerprint density at radius 1 is 1.53 bits per heavy atom. The van der Waals surface area contributed by atoms with E-state index in [-0.39, 0.29) is 6.54 Å². The number of carbonyl (C=O) groups is 1. The van der Waals surface area contributed by atoms with E-state index in [4.69, 9.17) is 15.9 Å². The van der Waals surface area contributed by atoms with Crippen molar-refractivity contribution in [3.05, 3.63) is 18.2 Å². The summed E-state index contributed by atoms with van der Waals surface area (Å²) in [7, 11) is 0. The van der Waals surface area contributed by atoms with Crippen LogP contribution < -0.4 is 16.4 Å². The van der Waals surface area contributed by atoms with E-state index in [1.165, 1.54) is 0 Å². The number of primary amides is 1. The van der Waals surface area contributed by atoms with Gasteiger partial charge in [0, 0.05) is 6.54 Å². The van der Waals surface area contributed by atoms with Gasteiger partial charge in [-0.3, -0.25) is 4.79 Å². The molecular weight excluding hydrogens is 220 g/mol. The molecule has 0 unspecified atom stereocenters. The number of rotatable bonds is 4. The molecule has 90 valence electrons. The van der Waals surface area contributed by atoms with E-state index < -0.39 is 5.91 Å². The van der Waals surface area contributed by atoms with Crippen LogP contribution in [-0.2, 0) is 4.79 Å². The number of para-hydroxylation sites is 1. The number of anilines is 2. The Bertz CT molecular complexity index is 549. The van der Waals surface area contributed by atoms with Gasteiger partial charge in [0.2, 0.25) is 5.91 Å². The monoisotopic (exact) mass is 234 g/mol. The highest BCUT2D eigenvalue weighted by atomic mass is 16.4. The maximum atomic E-state index is 10.9. The van der Waals surface area contributed by atoms with Crippen LogP contribution in [0.15, 0.2) is 22.6 Å². The second-order valence-electron chi connectivity index (χ2n) is 3.67. The second kappa shape index (κ2) is 4.32. The van der Waals surface area contributed by atoms with Gasteiger partial charge in [0.05, 0.1) is 5.69 Å². The SMILES string of the molecule is CCN(CC(N)=O)c1nc2c(N)cccc2o1. The maximum absolute atomic E-state index is 10.9. The van der Waals surface area contributed by atoms with Crippen LogP contribution in [0.25, 0.3) is 11.1 Å². The Balaban J connectivity index is 2.41. The van der Waals surface area contributed by atoms with Crippen molar-refractivity contribution >= 4 is 28.7 Å². The number of oxazole rings is 1. The van der Waals surface area contributed by atoms with Crippen molar-refractivity contribution in [1.29, 1.82) is 0 Å². The third-order valence-corrected chi connectivity index (χ3v) is 2.44. The second-order valence-corrected chi connectivity index (χ2v) is 3.67. The summed E-state index contributed by atoms with van der Waals surface area (Å²) >= 11 is 0. The predicted molar refractivity (Wildman–Crippen MR) is 65.5 cm³/mol. The summed E-state index contributed by atoms with van der Waals surface area (Å²) in [5, 5.41) is 0. The topological polar surface area (TPSA) is 98.4 Å². The van der Waals surface area contributed by atoms with Crippen LogP contribution in [0.3, 0.4) is 0 Å². The number of nitrogens with zero attached hydrogens (tertiary/aromatic N) is 2. The van der Waals surface area contributed by atoms with Gasteiger partial charge in [-0.1, -0.05) is 6.07 Å². The van der Waals surface area contributed by atoms with Gasteiger partial charge in [-0.05, 0) is 19.1 Å². The first-order valence-electron chi connectivity index (χ1n) is 5.30. The highest BCUT2D eigenvalue weighted by Gasteiger charge is 2.15. The Morgan fingerprint density at radius 3 is 2.88 bits per heavy atom. The molecule has 0 saturated heterocycles. The van der Waals surface area contributed by atoms with Crippen molar-refractivity contribution in [2.45, 2.75) is 6.92 Å². The number of benzene rings is 1. The number of likely N-dealkylation sites (N-methyl/N-ethyl adjacent to an activating group) is 1. The van der Waals surface area contributed by atoms with Gasteiger partial charge in [0.1, 0.15) is 12.1 Å². The van der Waals surface area contributed by atoms with Crippen LogP contribution in [0.4, 0.5) is 11.7 Å². The summed E-state index contributed by atoms with van der Waals surface area (Å²) in [6.07, 6.45) is 0. The van der Waals surface area contributed by atoms with Crippen LogP contribution >= 0.6 is 0 Å². The molecule has 4 N–H and O–H groups in total. The molecule has 0 atom stereocenters. The number of hydrogen-bond donors (Lipinski definition) is 2. The normalized spacial score (nSPS) is 10.6. The Labute approximate surface area is 98.2 Å². The quantitative estimate of drug-likeness (QED) is 0.759. The maximum Gasteiger partial charge on any atom is 0.298 e. The smallest absolute Gasteiger partial charge is 0.298 e. The van der Waals surface area contributed by atoms with Gasteiger partial charge in [-0.15, -0.1) is 0 Å². The first kappa shape index (κ1) is 11.3. The Morgan fingerprint density at radius 2 is 2.29 bits per heavy atom.